The van der Waals surface area contributed by atoms with Gasteiger partial charge < -0.3 is 5.73 Å². The highest BCUT2D eigenvalue weighted by molar-refractivity contribution is 4.82. The molecule has 0 aliphatic heterocycles. The minimum Gasteiger partial charge on any atom is -0.330 e. The molecule has 1 aliphatic rings. The summed E-state index contributed by atoms with van der Waals surface area (Å²) in [6, 6.07) is 0. The molecule has 1 fully saturated rings. The monoisotopic (exact) mass is 169 g/mol. The van der Waals surface area contributed by atoms with Crippen molar-refractivity contribution in [1.82, 2.24) is 0 Å². The zero-order valence-corrected chi connectivity index (χ0v) is 8.72. The average Bonchev–Trinajstić information content (AvgIpc) is 2.03. The SMILES string of the molecule is CCC1CC(C)CC(C)C1CN. The summed E-state index contributed by atoms with van der Waals surface area (Å²) in [7, 11) is 0. The Bertz CT molecular complexity index is 133. The molecule has 0 radical (unpaired) electrons. The maximum Gasteiger partial charge on any atom is -0.00437 e. The van der Waals surface area contributed by atoms with Crippen LogP contribution in [0.2, 0.25) is 0 Å². The average molecular weight is 169 g/mol. The lowest BCUT2D eigenvalue weighted by molar-refractivity contribution is 0.126. The lowest BCUT2D eigenvalue weighted by Gasteiger charge is -2.38. The van der Waals surface area contributed by atoms with Gasteiger partial charge in [0.15, 0.2) is 0 Å². The predicted molar refractivity (Wildman–Crippen MR) is 53.9 cm³/mol. The molecule has 0 aromatic carbocycles. The molecule has 0 saturated heterocycles. The van der Waals surface area contributed by atoms with Gasteiger partial charge in [-0.1, -0.05) is 27.2 Å². The fourth-order valence-corrected chi connectivity index (χ4v) is 2.96. The summed E-state index contributed by atoms with van der Waals surface area (Å²) >= 11 is 0. The minimum atomic E-state index is 0.797. The first-order chi connectivity index (χ1) is 5.69. The van der Waals surface area contributed by atoms with Crippen molar-refractivity contribution in [2.75, 3.05) is 6.54 Å². The predicted octanol–water partition coefficient (Wildman–Crippen LogP) is 2.65. The van der Waals surface area contributed by atoms with Crippen LogP contribution in [-0.4, -0.2) is 6.54 Å². The first-order valence-corrected chi connectivity index (χ1v) is 5.39. The van der Waals surface area contributed by atoms with Crippen molar-refractivity contribution in [3.8, 4) is 0 Å². The van der Waals surface area contributed by atoms with Crippen molar-refractivity contribution in [1.29, 1.82) is 0 Å². The quantitative estimate of drug-likeness (QED) is 0.675. The second-order valence-electron chi connectivity index (χ2n) is 4.62. The molecule has 4 atom stereocenters. The standard InChI is InChI=1S/C11H23N/c1-4-10-6-8(2)5-9(3)11(10)7-12/h8-11H,4-7,12H2,1-3H3. The van der Waals surface area contributed by atoms with Crippen molar-refractivity contribution in [2.45, 2.75) is 40.0 Å². The molecule has 1 nitrogen and oxygen atoms in total. The summed E-state index contributed by atoms with van der Waals surface area (Å²) in [4.78, 5) is 0. The largest absolute Gasteiger partial charge is 0.330 e. The minimum absolute atomic E-state index is 0.797. The molecule has 0 amide bonds. The number of nitrogens with two attached hydrogens (primary N) is 1. The van der Waals surface area contributed by atoms with E-state index in [0.29, 0.717) is 0 Å². The van der Waals surface area contributed by atoms with E-state index in [-0.39, 0.29) is 0 Å². The maximum atomic E-state index is 5.81. The normalized spacial score (nSPS) is 43.0. The van der Waals surface area contributed by atoms with Gasteiger partial charge in [-0.2, -0.15) is 0 Å². The summed E-state index contributed by atoms with van der Waals surface area (Å²) in [5, 5.41) is 0. The van der Waals surface area contributed by atoms with Crippen LogP contribution in [0.1, 0.15) is 40.0 Å². The number of rotatable bonds is 2. The first-order valence-electron chi connectivity index (χ1n) is 5.39. The molecule has 0 spiro atoms. The van der Waals surface area contributed by atoms with Crippen LogP contribution in [0.25, 0.3) is 0 Å². The van der Waals surface area contributed by atoms with E-state index in [1.54, 1.807) is 0 Å². The zero-order valence-electron chi connectivity index (χ0n) is 8.72. The topological polar surface area (TPSA) is 26.0 Å². The van der Waals surface area contributed by atoms with E-state index in [0.717, 1.165) is 30.2 Å². The third-order valence-electron chi connectivity index (χ3n) is 3.61. The maximum absolute atomic E-state index is 5.81. The molecule has 4 unspecified atom stereocenters. The molecule has 0 heterocycles. The van der Waals surface area contributed by atoms with Gasteiger partial charge in [0.1, 0.15) is 0 Å². The van der Waals surface area contributed by atoms with Crippen molar-refractivity contribution < 1.29 is 0 Å². The fourth-order valence-electron chi connectivity index (χ4n) is 2.96. The smallest absolute Gasteiger partial charge is 0.00437 e. The Kier molecular flexibility index (Phi) is 3.57. The van der Waals surface area contributed by atoms with Crippen LogP contribution in [0.5, 0.6) is 0 Å². The van der Waals surface area contributed by atoms with Crippen molar-refractivity contribution >= 4 is 0 Å². The van der Waals surface area contributed by atoms with Gasteiger partial charge in [0, 0.05) is 0 Å². The van der Waals surface area contributed by atoms with E-state index in [4.69, 9.17) is 5.73 Å². The molecule has 2 N–H and O–H groups in total. The lowest BCUT2D eigenvalue weighted by atomic mass is 9.68. The summed E-state index contributed by atoms with van der Waals surface area (Å²) in [5.41, 5.74) is 5.81. The molecular weight excluding hydrogens is 146 g/mol. The van der Waals surface area contributed by atoms with E-state index in [1.165, 1.54) is 19.3 Å². The van der Waals surface area contributed by atoms with E-state index in [2.05, 4.69) is 20.8 Å². The van der Waals surface area contributed by atoms with Crippen molar-refractivity contribution in [3.05, 3.63) is 0 Å². The van der Waals surface area contributed by atoms with Gasteiger partial charge in [-0.15, -0.1) is 0 Å². The summed E-state index contributed by atoms with van der Waals surface area (Å²) in [5.74, 6) is 3.47. The molecule has 1 aliphatic carbocycles. The Hall–Kier alpha value is -0.0400. The summed E-state index contributed by atoms with van der Waals surface area (Å²) in [6.07, 6.45) is 4.11. The molecule has 72 valence electrons. The van der Waals surface area contributed by atoms with E-state index in [9.17, 15) is 0 Å². The zero-order chi connectivity index (χ0) is 9.14. The Morgan fingerprint density at radius 1 is 1.25 bits per heavy atom. The fraction of sp³-hybridized carbons (Fsp3) is 1.00. The summed E-state index contributed by atoms with van der Waals surface area (Å²) in [6.45, 7) is 7.95. The molecule has 1 saturated carbocycles. The molecule has 12 heavy (non-hydrogen) atoms. The molecule has 1 heteroatoms. The van der Waals surface area contributed by atoms with Gasteiger partial charge in [0.05, 0.1) is 0 Å². The molecular formula is C11H23N. The third kappa shape index (κ3) is 2.01. The molecule has 1 rings (SSSR count). The highest BCUT2D eigenvalue weighted by Crippen LogP contribution is 2.38. The van der Waals surface area contributed by atoms with Gasteiger partial charge in [-0.3, -0.25) is 0 Å². The van der Waals surface area contributed by atoms with Gasteiger partial charge >= 0.3 is 0 Å². The number of hydrogen-bond acceptors (Lipinski definition) is 1. The van der Waals surface area contributed by atoms with Gasteiger partial charge in [0.2, 0.25) is 0 Å². The van der Waals surface area contributed by atoms with Crippen LogP contribution in [-0.2, 0) is 0 Å². The van der Waals surface area contributed by atoms with Gasteiger partial charge in [-0.05, 0) is 43.1 Å². The van der Waals surface area contributed by atoms with Gasteiger partial charge in [0.25, 0.3) is 0 Å². The first kappa shape index (κ1) is 10.0. The van der Waals surface area contributed by atoms with Crippen LogP contribution in [0.3, 0.4) is 0 Å². The lowest BCUT2D eigenvalue weighted by Crippen LogP contribution is -2.35. The number of hydrogen-bond donors (Lipinski definition) is 1. The Morgan fingerprint density at radius 2 is 1.92 bits per heavy atom. The summed E-state index contributed by atoms with van der Waals surface area (Å²) < 4.78 is 0. The van der Waals surface area contributed by atoms with E-state index < -0.39 is 0 Å². The second-order valence-corrected chi connectivity index (χ2v) is 4.62. The molecule has 0 aromatic heterocycles. The second kappa shape index (κ2) is 4.27. The van der Waals surface area contributed by atoms with Crippen LogP contribution >= 0.6 is 0 Å². The molecule has 0 bridgehead atoms. The van der Waals surface area contributed by atoms with E-state index >= 15 is 0 Å². The third-order valence-corrected chi connectivity index (χ3v) is 3.61. The highest BCUT2D eigenvalue weighted by Gasteiger charge is 2.31. The van der Waals surface area contributed by atoms with Crippen LogP contribution in [0.4, 0.5) is 0 Å². The highest BCUT2D eigenvalue weighted by atomic mass is 14.6. The Morgan fingerprint density at radius 3 is 2.42 bits per heavy atom. The van der Waals surface area contributed by atoms with Gasteiger partial charge in [-0.25, -0.2) is 0 Å². The van der Waals surface area contributed by atoms with Crippen molar-refractivity contribution in [3.63, 3.8) is 0 Å². The van der Waals surface area contributed by atoms with Crippen LogP contribution < -0.4 is 5.73 Å². The van der Waals surface area contributed by atoms with Crippen LogP contribution in [0.15, 0.2) is 0 Å². The van der Waals surface area contributed by atoms with Crippen molar-refractivity contribution in [2.24, 2.45) is 29.4 Å². The Balaban J connectivity index is 2.56. The van der Waals surface area contributed by atoms with Crippen LogP contribution in [0, 0.1) is 23.7 Å². The van der Waals surface area contributed by atoms with E-state index in [1.807, 2.05) is 0 Å². The Labute approximate surface area is 76.7 Å². The molecule has 0 aromatic rings.